The van der Waals surface area contributed by atoms with E-state index in [9.17, 15) is 0 Å². The van der Waals surface area contributed by atoms with Crippen LogP contribution in [0, 0.1) is 0 Å². The lowest BCUT2D eigenvalue weighted by Gasteiger charge is -2.07. The Labute approximate surface area is 141 Å². The number of allylic oxidation sites excluding steroid dienone is 2. The van der Waals surface area contributed by atoms with E-state index in [1.54, 1.807) is 0 Å². The van der Waals surface area contributed by atoms with Gasteiger partial charge in [0.2, 0.25) is 0 Å². The maximum atomic E-state index is 5.79. The largest absolute Gasteiger partial charge is 0.489 e. The Balaban J connectivity index is 1.76. The van der Waals surface area contributed by atoms with E-state index in [1.807, 2.05) is 18.2 Å². The molecule has 0 bridgehead atoms. The molecule has 0 aromatic heterocycles. The smallest absolute Gasteiger partial charge is 0.119 e. The lowest BCUT2D eigenvalue weighted by atomic mass is 10.1. The Bertz CT molecular complexity index is 531. The summed E-state index contributed by atoms with van der Waals surface area (Å²) in [5, 5.41) is 0. The summed E-state index contributed by atoms with van der Waals surface area (Å²) in [6, 6.07) is 18.7. The monoisotopic (exact) mass is 392 g/mol. The molecule has 21 heavy (non-hydrogen) atoms. The molecular weight excluding hydrogens is 371 g/mol. The molecule has 0 atom stereocenters. The number of ether oxygens (including phenoxy) is 1. The molecule has 0 saturated heterocycles. The minimum Gasteiger partial charge on any atom is -0.489 e. The van der Waals surface area contributed by atoms with Crippen molar-refractivity contribution < 1.29 is 4.74 Å². The third-order valence-corrected chi connectivity index (χ3v) is 3.84. The highest BCUT2D eigenvalue weighted by atomic mass is 127. The summed E-state index contributed by atoms with van der Waals surface area (Å²) in [5.41, 5.74) is 2.56. The number of hydrogen-bond donors (Lipinski definition) is 0. The Morgan fingerprint density at radius 2 is 1.52 bits per heavy atom. The molecule has 2 heteroatoms. The van der Waals surface area contributed by atoms with E-state index < -0.39 is 0 Å². The summed E-state index contributed by atoms with van der Waals surface area (Å²) in [6.07, 6.45) is 7.92. The van der Waals surface area contributed by atoms with Gasteiger partial charge in [-0.2, -0.15) is 0 Å². The van der Waals surface area contributed by atoms with Gasteiger partial charge >= 0.3 is 0 Å². The number of alkyl halides is 1. The van der Waals surface area contributed by atoms with Gasteiger partial charge in [0, 0.05) is 4.43 Å². The van der Waals surface area contributed by atoms with Crippen molar-refractivity contribution in [2.24, 2.45) is 0 Å². The second-order valence-corrected chi connectivity index (χ2v) is 5.98. The first-order chi connectivity index (χ1) is 10.4. The average molecular weight is 392 g/mol. The highest BCUT2D eigenvalue weighted by Gasteiger charge is 1.96. The molecule has 2 aromatic rings. The quantitative estimate of drug-likeness (QED) is 0.324. The summed E-state index contributed by atoms with van der Waals surface area (Å²) in [4.78, 5) is 0. The van der Waals surface area contributed by atoms with Crippen LogP contribution in [-0.4, -0.2) is 4.43 Å². The number of rotatable bonds is 8. The van der Waals surface area contributed by atoms with Gasteiger partial charge in [-0.25, -0.2) is 0 Å². The van der Waals surface area contributed by atoms with Gasteiger partial charge in [0.25, 0.3) is 0 Å². The molecule has 110 valence electrons. The molecule has 0 heterocycles. The van der Waals surface area contributed by atoms with E-state index in [-0.39, 0.29) is 0 Å². The molecular formula is C19H21IO. The van der Waals surface area contributed by atoms with Gasteiger partial charge in [0.15, 0.2) is 0 Å². The zero-order valence-corrected chi connectivity index (χ0v) is 14.3. The minimum atomic E-state index is 0.624. The second kappa shape index (κ2) is 9.61. The van der Waals surface area contributed by atoms with Crippen LogP contribution in [-0.2, 0) is 13.0 Å². The molecule has 0 aliphatic rings. The molecule has 0 aliphatic carbocycles. The van der Waals surface area contributed by atoms with Crippen molar-refractivity contribution in [2.75, 3.05) is 4.43 Å². The summed E-state index contributed by atoms with van der Waals surface area (Å²) >= 11 is 2.40. The Morgan fingerprint density at radius 3 is 2.24 bits per heavy atom. The van der Waals surface area contributed by atoms with Gasteiger partial charge in [-0.05, 0) is 42.5 Å². The predicted molar refractivity (Wildman–Crippen MR) is 98.2 cm³/mol. The third kappa shape index (κ3) is 6.34. The molecule has 2 aromatic carbocycles. The van der Waals surface area contributed by atoms with Crippen LogP contribution in [0.15, 0.2) is 66.7 Å². The molecule has 0 N–H and O–H groups in total. The van der Waals surface area contributed by atoms with Gasteiger partial charge in [0.05, 0.1) is 0 Å². The molecule has 0 aliphatic heterocycles. The van der Waals surface area contributed by atoms with E-state index in [1.165, 1.54) is 22.0 Å². The summed E-state index contributed by atoms with van der Waals surface area (Å²) in [7, 11) is 0. The van der Waals surface area contributed by atoms with Crippen LogP contribution in [0.5, 0.6) is 5.75 Å². The SMILES string of the molecule is ICCC=CCCc1ccc(OCc2ccccc2)cc1. The van der Waals surface area contributed by atoms with Crippen LogP contribution in [0.25, 0.3) is 0 Å². The molecule has 0 amide bonds. The normalized spacial score (nSPS) is 10.9. The number of aryl methyl sites for hydroxylation is 1. The van der Waals surface area contributed by atoms with Crippen LogP contribution in [0.3, 0.4) is 0 Å². The molecule has 2 rings (SSSR count). The van der Waals surface area contributed by atoms with Crippen molar-refractivity contribution in [3.8, 4) is 5.75 Å². The van der Waals surface area contributed by atoms with Gasteiger partial charge in [-0.15, -0.1) is 0 Å². The van der Waals surface area contributed by atoms with E-state index in [0.717, 1.165) is 18.6 Å². The van der Waals surface area contributed by atoms with Crippen LogP contribution in [0.1, 0.15) is 24.0 Å². The molecule has 0 radical (unpaired) electrons. The van der Waals surface area contributed by atoms with Crippen LogP contribution >= 0.6 is 22.6 Å². The third-order valence-electron chi connectivity index (χ3n) is 3.21. The minimum absolute atomic E-state index is 0.624. The Morgan fingerprint density at radius 1 is 0.810 bits per heavy atom. The maximum absolute atomic E-state index is 5.79. The first-order valence-electron chi connectivity index (χ1n) is 7.35. The van der Waals surface area contributed by atoms with Crippen molar-refractivity contribution in [1.29, 1.82) is 0 Å². The first-order valence-corrected chi connectivity index (χ1v) is 8.87. The van der Waals surface area contributed by atoms with Crippen molar-refractivity contribution in [2.45, 2.75) is 25.9 Å². The van der Waals surface area contributed by atoms with E-state index in [0.29, 0.717) is 6.61 Å². The van der Waals surface area contributed by atoms with Crippen molar-refractivity contribution >= 4 is 22.6 Å². The molecule has 1 nitrogen and oxygen atoms in total. The fourth-order valence-corrected chi connectivity index (χ4v) is 2.40. The Hall–Kier alpha value is -1.29. The fourth-order valence-electron chi connectivity index (χ4n) is 2.04. The first kappa shape index (κ1) is 16.1. The van der Waals surface area contributed by atoms with Crippen LogP contribution < -0.4 is 4.74 Å². The summed E-state index contributed by atoms with van der Waals surface area (Å²) < 4.78 is 6.99. The highest BCUT2D eigenvalue weighted by Crippen LogP contribution is 2.15. The number of halogens is 1. The summed E-state index contributed by atoms with van der Waals surface area (Å²) in [5.74, 6) is 0.933. The average Bonchev–Trinajstić information content (AvgIpc) is 2.55. The van der Waals surface area contributed by atoms with Crippen molar-refractivity contribution in [1.82, 2.24) is 0 Å². The van der Waals surface area contributed by atoms with E-state index >= 15 is 0 Å². The predicted octanol–water partition coefficient (Wildman–Crippen LogP) is 5.58. The molecule has 0 unspecified atom stereocenters. The fraction of sp³-hybridized carbons (Fsp3) is 0.263. The topological polar surface area (TPSA) is 9.23 Å². The van der Waals surface area contributed by atoms with E-state index in [4.69, 9.17) is 4.74 Å². The van der Waals surface area contributed by atoms with Crippen LogP contribution in [0.4, 0.5) is 0 Å². The van der Waals surface area contributed by atoms with Crippen LogP contribution in [0.2, 0.25) is 0 Å². The molecule has 0 saturated carbocycles. The standard InChI is InChI=1S/C19H21IO/c20-15-7-2-1-4-8-17-11-13-19(14-12-17)21-16-18-9-5-3-6-10-18/h1-3,5-6,9-14H,4,7-8,15-16H2. The molecule has 0 spiro atoms. The van der Waals surface area contributed by atoms with Crippen molar-refractivity contribution in [3.63, 3.8) is 0 Å². The Kier molecular flexibility index (Phi) is 7.36. The van der Waals surface area contributed by atoms with Gasteiger partial charge < -0.3 is 4.74 Å². The van der Waals surface area contributed by atoms with Gasteiger partial charge in [-0.3, -0.25) is 0 Å². The number of hydrogen-bond acceptors (Lipinski definition) is 1. The maximum Gasteiger partial charge on any atom is 0.119 e. The zero-order chi connectivity index (χ0) is 14.8. The van der Waals surface area contributed by atoms with Gasteiger partial charge in [-0.1, -0.05) is 77.2 Å². The summed E-state index contributed by atoms with van der Waals surface area (Å²) in [6.45, 7) is 0.624. The number of benzene rings is 2. The zero-order valence-electron chi connectivity index (χ0n) is 12.2. The lowest BCUT2D eigenvalue weighted by Crippen LogP contribution is -1.95. The highest BCUT2D eigenvalue weighted by molar-refractivity contribution is 14.1. The van der Waals surface area contributed by atoms with Crippen molar-refractivity contribution in [3.05, 3.63) is 77.9 Å². The second-order valence-electron chi connectivity index (χ2n) is 4.91. The lowest BCUT2D eigenvalue weighted by molar-refractivity contribution is 0.306. The van der Waals surface area contributed by atoms with Gasteiger partial charge in [0.1, 0.15) is 12.4 Å². The molecule has 0 fully saturated rings. The van der Waals surface area contributed by atoms with E-state index in [2.05, 4.69) is 71.1 Å².